The Kier molecular flexibility index (Phi) is 5.68. The number of methoxy groups -OCH3 is 1. The molecule has 24 heavy (non-hydrogen) atoms. The van der Waals surface area contributed by atoms with Crippen LogP contribution in [0.1, 0.15) is 36.0 Å². The van der Waals surface area contributed by atoms with Crippen LogP contribution < -0.4 is 4.90 Å². The molecular weight excluding hydrogens is 306 g/mol. The third-order valence-corrected chi connectivity index (χ3v) is 4.99. The predicted molar refractivity (Wildman–Crippen MR) is 92.2 cm³/mol. The van der Waals surface area contributed by atoms with Crippen molar-refractivity contribution < 1.29 is 14.6 Å². The normalized spacial score (nSPS) is 22.7. The third-order valence-electron chi connectivity index (χ3n) is 4.99. The second kappa shape index (κ2) is 7.94. The maximum Gasteiger partial charge on any atom is 0.255 e. The van der Waals surface area contributed by atoms with Crippen molar-refractivity contribution in [3.63, 3.8) is 0 Å². The Balaban J connectivity index is 1.61. The lowest BCUT2D eigenvalue weighted by atomic mass is 9.98. The monoisotopic (exact) mass is 333 g/mol. The number of ether oxygens (including phenoxy) is 1. The summed E-state index contributed by atoms with van der Waals surface area (Å²) >= 11 is 0. The molecular formula is C18H27N3O3. The van der Waals surface area contributed by atoms with Crippen molar-refractivity contribution in [3.05, 3.63) is 23.9 Å². The molecule has 0 unspecified atom stereocenters. The number of aliphatic hydroxyl groups is 1. The molecule has 132 valence electrons. The number of rotatable bonds is 4. The first kappa shape index (κ1) is 17.2. The quantitative estimate of drug-likeness (QED) is 0.905. The molecule has 2 aliphatic heterocycles. The fourth-order valence-electron chi connectivity index (χ4n) is 3.60. The Labute approximate surface area is 143 Å². The Hall–Kier alpha value is -1.66. The van der Waals surface area contributed by atoms with E-state index >= 15 is 0 Å². The lowest BCUT2D eigenvalue weighted by Gasteiger charge is -2.33. The van der Waals surface area contributed by atoms with E-state index < -0.39 is 0 Å². The Morgan fingerprint density at radius 2 is 2.08 bits per heavy atom. The van der Waals surface area contributed by atoms with Crippen LogP contribution in [0.4, 0.5) is 5.82 Å². The van der Waals surface area contributed by atoms with Crippen LogP contribution in [0, 0.1) is 5.92 Å². The van der Waals surface area contributed by atoms with E-state index in [1.165, 1.54) is 0 Å². The number of amides is 1. The fraction of sp³-hybridized carbons (Fsp3) is 0.667. The van der Waals surface area contributed by atoms with Gasteiger partial charge >= 0.3 is 0 Å². The summed E-state index contributed by atoms with van der Waals surface area (Å²) in [6.07, 6.45) is 5.19. The molecule has 0 aromatic carbocycles. The van der Waals surface area contributed by atoms with Crippen molar-refractivity contribution in [2.45, 2.75) is 31.8 Å². The predicted octanol–water partition coefficient (Wildman–Crippen LogP) is 1.54. The smallest absolute Gasteiger partial charge is 0.255 e. The largest absolute Gasteiger partial charge is 0.393 e. The zero-order valence-electron chi connectivity index (χ0n) is 14.4. The first-order valence-corrected chi connectivity index (χ1v) is 8.84. The second-order valence-corrected chi connectivity index (χ2v) is 6.84. The summed E-state index contributed by atoms with van der Waals surface area (Å²) in [7, 11) is 1.71. The molecule has 6 nitrogen and oxygen atoms in total. The molecule has 1 amide bonds. The van der Waals surface area contributed by atoms with Gasteiger partial charge in [0.2, 0.25) is 0 Å². The number of nitrogens with zero attached hydrogens (tertiary/aromatic N) is 3. The summed E-state index contributed by atoms with van der Waals surface area (Å²) in [4.78, 5) is 21.2. The molecule has 1 aromatic heterocycles. The summed E-state index contributed by atoms with van der Waals surface area (Å²) in [6, 6.07) is 3.79. The number of anilines is 1. The van der Waals surface area contributed by atoms with Gasteiger partial charge in [-0.1, -0.05) is 0 Å². The molecule has 0 bridgehead atoms. The fourth-order valence-corrected chi connectivity index (χ4v) is 3.60. The minimum absolute atomic E-state index is 0.0592. The van der Waals surface area contributed by atoms with Crippen molar-refractivity contribution in [2.75, 3.05) is 44.8 Å². The van der Waals surface area contributed by atoms with E-state index in [1.807, 2.05) is 17.0 Å². The average molecular weight is 333 g/mol. The highest BCUT2D eigenvalue weighted by atomic mass is 16.5. The minimum Gasteiger partial charge on any atom is -0.393 e. The van der Waals surface area contributed by atoms with Crippen molar-refractivity contribution in [1.29, 1.82) is 0 Å². The van der Waals surface area contributed by atoms with Gasteiger partial charge in [0.05, 0.1) is 18.3 Å². The summed E-state index contributed by atoms with van der Waals surface area (Å²) < 4.78 is 5.23. The van der Waals surface area contributed by atoms with Crippen LogP contribution in [-0.4, -0.2) is 66.9 Å². The van der Waals surface area contributed by atoms with Crippen LogP contribution in [0.2, 0.25) is 0 Å². The van der Waals surface area contributed by atoms with Gasteiger partial charge in [-0.3, -0.25) is 4.79 Å². The molecule has 0 saturated carbocycles. The Bertz CT molecular complexity index is 539. The first-order valence-electron chi connectivity index (χ1n) is 8.84. The number of hydrogen-bond donors (Lipinski definition) is 1. The third kappa shape index (κ3) is 4.05. The van der Waals surface area contributed by atoms with Crippen molar-refractivity contribution >= 4 is 11.7 Å². The molecule has 0 spiro atoms. The van der Waals surface area contributed by atoms with Crippen LogP contribution in [-0.2, 0) is 4.74 Å². The number of carbonyl (C=O) groups is 1. The van der Waals surface area contributed by atoms with Crippen molar-refractivity contribution in [3.8, 4) is 0 Å². The van der Waals surface area contributed by atoms with Crippen LogP contribution >= 0.6 is 0 Å². The van der Waals surface area contributed by atoms with Crippen LogP contribution in [0.5, 0.6) is 0 Å². The number of piperidine rings is 2. The lowest BCUT2D eigenvalue weighted by Crippen LogP contribution is -2.41. The van der Waals surface area contributed by atoms with Crippen LogP contribution in [0.3, 0.4) is 0 Å². The number of carbonyl (C=O) groups excluding carboxylic acids is 1. The van der Waals surface area contributed by atoms with E-state index in [1.54, 1.807) is 13.3 Å². The molecule has 2 fully saturated rings. The Morgan fingerprint density at radius 3 is 2.75 bits per heavy atom. The van der Waals surface area contributed by atoms with Gasteiger partial charge in [0, 0.05) is 39.5 Å². The Morgan fingerprint density at radius 1 is 1.29 bits per heavy atom. The van der Waals surface area contributed by atoms with E-state index in [4.69, 9.17) is 4.74 Å². The van der Waals surface area contributed by atoms with Gasteiger partial charge in [0.15, 0.2) is 0 Å². The average Bonchev–Trinajstić information content (AvgIpc) is 2.62. The number of aromatic nitrogens is 1. The number of aliphatic hydroxyl groups excluding tert-OH is 1. The van der Waals surface area contributed by atoms with Gasteiger partial charge in [-0.25, -0.2) is 4.98 Å². The zero-order chi connectivity index (χ0) is 16.9. The molecule has 1 N–H and O–H groups in total. The molecule has 2 saturated heterocycles. The summed E-state index contributed by atoms with van der Waals surface area (Å²) in [6.45, 7) is 3.91. The maximum atomic E-state index is 12.7. The number of hydrogen-bond acceptors (Lipinski definition) is 5. The molecule has 3 rings (SSSR count). The summed E-state index contributed by atoms with van der Waals surface area (Å²) in [5, 5.41) is 9.59. The molecule has 2 aliphatic rings. The van der Waals surface area contributed by atoms with E-state index in [0.29, 0.717) is 18.1 Å². The number of likely N-dealkylation sites (tertiary alicyclic amines) is 1. The van der Waals surface area contributed by atoms with E-state index in [-0.39, 0.29) is 12.0 Å². The number of pyridine rings is 1. The minimum atomic E-state index is -0.193. The summed E-state index contributed by atoms with van der Waals surface area (Å²) in [5.41, 5.74) is 0.647. The molecule has 1 atom stereocenters. The lowest BCUT2D eigenvalue weighted by molar-refractivity contribution is 0.0570. The van der Waals surface area contributed by atoms with E-state index in [9.17, 15) is 9.90 Å². The van der Waals surface area contributed by atoms with Gasteiger partial charge in [0.1, 0.15) is 5.82 Å². The highest BCUT2D eigenvalue weighted by Crippen LogP contribution is 2.21. The summed E-state index contributed by atoms with van der Waals surface area (Å²) in [5.74, 6) is 1.37. The highest BCUT2D eigenvalue weighted by Gasteiger charge is 2.25. The van der Waals surface area contributed by atoms with Gasteiger partial charge in [-0.15, -0.1) is 0 Å². The van der Waals surface area contributed by atoms with E-state index in [0.717, 1.165) is 57.7 Å². The zero-order valence-corrected chi connectivity index (χ0v) is 14.4. The van der Waals surface area contributed by atoms with Crippen LogP contribution in [0.25, 0.3) is 0 Å². The van der Waals surface area contributed by atoms with E-state index in [2.05, 4.69) is 9.88 Å². The van der Waals surface area contributed by atoms with Gasteiger partial charge in [-0.05, 0) is 43.7 Å². The molecule has 6 heteroatoms. The van der Waals surface area contributed by atoms with Crippen molar-refractivity contribution in [1.82, 2.24) is 9.88 Å². The molecule has 3 heterocycles. The first-order chi connectivity index (χ1) is 11.7. The van der Waals surface area contributed by atoms with Gasteiger partial charge in [-0.2, -0.15) is 0 Å². The SMILES string of the molecule is COC[C@@H]1CCCN(C(=O)c2ccc(N3CCC(O)CC3)nc2)C1. The van der Waals surface area contributed by atoms with Crippen molar-refractivity contribution in [2.24, 2.45) is 5.92 Å². The second-order valence-electron chi connectivity index (χ2n) is 6.84. The van der Waals surface area contributed by atoms with Gasteiger partial charge < -0.3 is 19.6 Å². The molecule has 0 radical (unpaired) electrons. The molecule has 1 aromatic rings. The topological polar surface area (TPSA) is 65.9 Å². The van der Waals surface area contributed by atoms with Crippen LogP contribution in [0.15, 0.2) is 18.3 Å². The van der Waals surface area contributed by atoms with Gasteiger partial charge in [0.25, 0.3) is 5.91 Å². The molecule has 0 aliphatic carbocycles. The highest BCUT2D eigenvalue weighted by molar-refractivity contribution is 5.94. The standard InChI is InChI=1S/C18H27N3O3/c1-24-13-14-3-2-8-21(12-14)18(23)15-4-5-17(19-11-15)20-9-6-16(22)7-10-20/h4-5,11,14,16,22H,2-3,6-10,12-13H2,1H3/t14-/m1/s1. The maximum absolute atomic E-state index is 12.7.